The molecular weight excluding hydrogens is 116 g/mol. The first-order valence-corrected chi connectivity index (χ1v) is 3.21. The van der Waals surface area contributed by atoms with Crippen molar-refractivity contribution in [1.82, 2.24) is 4.90 Å². The average molecular weight is 128 g/mol. The quantitative estimate of drug-likeness (QED) is 0.520. The van der Waals surface area contributed by atoms with Crippen molar-refractivity contribution in [3.63, 3.8) is 0 Å². The molecule has 1 amide bonds. The van der Waals surface area contributed by atoms with Gasteiger partial charge in [-0.3, -0.25) is 4.79 Å². The number of likely N-dealkylation sites (N-methyl/N-ethyl adjacent to an activating group) is 1. The van der Waals surface area contributed by atoms with Gasteiger partial charge in [0, 0.05) is 26.1 Å². The number of rotatable bonds is 1. The van der Waals surface area contributed by atoms with Gasteiger partial charge in [-0.25, -0.2) is 0 Å². The molecule has 1 atom stereocenters. The van der Waals surface area contributed by atoms with Crippen LogP contribution in [0.2, 0.25) is 0 Å². The van der Waals surface area contributed by atoms with Crippen LogP contribution in [0.5, 0.6) is 0 Å². The Bertz CT molecular complexity index is 124. The third-order valence-corrected chi connectivity index (χ3v) is 1.90. The van der Waals surface area contributed by atoms with Crippen molar-refractivity contribution >= 4 is 5.91 Å². The minimum Gasteiger partial charge on any atom is -0.341 e. The topological polar surface area (TPSA) is 46.3 Å². The fraction of sp³-hybridized carbons (Fsp3) is 0.833. The Morgan fingerprint density at radius 2 is 2.56 bits per heavy atom. The molecule has 3 nitrogen and oxygen atoms in total. The Balaban J connectivity index is 2.51. The van der Waals surface area contributed by atoms with Gasteiger partial charge in [0.2, 0.25) is 5.91 Å². The minimum atomic E-state index is 0.227. The Morgan fingerprint density at radius 3 is 2.78 bits per heavy atom. The van der Waals surface area contributed by atoms with E-state index in [4.69, 9.17) is 5.73 Å². The Morgan fingerprint density at radius 1 is 1.89 bits per heavy atom. The first-order valence-electron chi connectivity index (χ1n) is 3.21. The second-order valence-corrected chi connectivity index (χ2v) is 2.43. The molecular formula is C6H12N2O. The van der Waals surface area contributed by atoms with Crippen molar-refractivity contribution in [3.05, 3.63) is 0 Å². The van der Waals surface area contributed by atoms with Crippen LogP contribution in [-0.4, -0.2) is 30.4 Å². The van der Waals surface area contributed by atoms with Gasteiger partial charge in [-0.1, -0.05) is 0 Å². The molecule has 2 N–H and O–H groups in total. The van der Waals surface area contributed by atoms with E-state index >= 15 is 0 Å². The summed E-state index contributed by atoms with van der Waals surface area (Å²) in [6, 6.07) is 0.303. The molecule has 1 aliphatic heterocycles. The van der Waals surface area contributed by atoms with Gasteiger partial charge in [-0.2, -0.15) is 0 Å². The molecule has 1 saturated heterocycles. The van der Waals surface area contributed by atoms with Crippen LogP contribution in [0.1, 0.15) is 12.8 Å². The van der Waals surface area contributed by atoms with Crippen molar-refractivity contribution < 1.29 is 4.79 Å². The second-order valence-electron chi connectivity index (χ2n) is 2.43. The van der Waals surface area contributed by atoms with Crippen molar-refractivity contribution in [3.8, 4) is 0 Å². The number of carbonyl (C=O) groups excluding carboxylic acids is 1. The molecule has 1 aliphatic rings. The third kappa shape index (κ3) is 1.05. The van der Waals surface area contributed by atoms with Crippen molar-refractivity contribution in [2.24, 2.45) is 5.73 Å². The zero-order valence-electron chi connectivity index (χ0n) is 5.63. The van der Waals surface area contributed by atoms with Gasteiger partial charge in [0.25, 0.3) is 0 Å². The molecule has 0 aromatic carbocycles. The van der Waals surface area contributed by atoms with Crippen LogP contribution in [0.15, 0.2) is 0 Å². The summed E-state index contributed by atoms with van der Waals surface area (Å²) in [7, 11) is 1.81. The summed E-state index contributed by atoms with van der Waals surface area (Å²) in [4.78, 5) is 12.5. The van der Waals surface area contributed by atoms with Crippen LogP contribution >= 0.6 is 0 Å². The van der Waals surface area contributed by atoms with E-state index in [1.165, 1.54) is 0 Å². The Labute approximate surface area is 54.8 Å². The highest BCUT2D eigenvalue weighted by molar-refractivity contribution is 5.78. The van der Waals surface area contributed by atoms with E-state index < -0.39 is 0 Å². The van der Waals surface area contributed by atoms with Gasteiger partial charge in [0.1, 0.15) is 0 Å². The van der Waals surface area contributed by atoms with Crippen molar-refractivity contribution in [2.75, 3.05) is 13.6 Å². The summed E-state index contributed by atoms with van der Waals surface area (Å²) in [6.45, 7) is 0.599. The molecule has 0 saturated carbocycles. The highest BCUT2D eigenvalue weighted by Gasteiger charge is 2.25. The minimum absolute atomic E-state index is 0.227. The summed E-state index contributed by atoms with van der Waals surface area (Å²) in [6.07, 6.45) is 1.62. The normalized spacial score (nSPS) is 27.6. The lowest BCUT2D eigenvalue weighted by Crippen LogP contribution is -2.34. The van der Waals surface area contributed by atoms with E-state index in [1.807, 2.05) is 7.05 Å². The van der Waals surface area contributed by atoms with E-state index in [2.05, 4.69) is 0 Å². The molecule has 52 valence electrons. The van der Waals surface area contributed by atoms with Gasteiger partial charge < -0.3 is 10.6 Å². The Kier molecular flexibility index (Phi) is 1.71. The predicted octanol–water partition coefficient (Wildman–Crippen LogP) is -0.434. The molecule has 0 unspecified atom stereocenters. The average Bonchev–Trinajstić information content (AvgIpc) is 2.15. The van der Waals surface area contributed by atoms with Crippen LogP contribution in [0.25, 0.3) is 0 Å². The number of carbonyl (C=O) groups is 1. The lowest BCUT2D eigenvalue weighted by atomic mass is 10.2. The summed E-state index contributed by atoms with van der Waals surface area (Å²) in [5, 5.41) is 0. The zero-order valence-corrected chi connectivity index (χ0v) is 5.63. The van der Waals surface area contributed by atoms with Crippen molar-refractivity contribution in [2.45, 2.75) is 18.9 Å². The fourth-order valence-electron chi connectivity index (χ4n) is 1.14. The van der Waals surface area contributed by atoms with Crippen LogP contribution < -0.4 is 5.73 Å². The summed E-state index contributed by atoms with van der Waals surface area (Å²) < 4.78 is 0. The molecule has 1 heterocycles. The summed E-state index contributed by atoms with van der Waals surface area (Å²) in [5.74, 6) is 0.227. The summed E-state index contributed by atoms with van der Waals surface area (Å²) >= 11 is 0. The van der Waals surface area contributed by atoms with Gasteiger partial charge in [-0.05, 0) is 6.42 Å². The van der Waals surface area contributed by atoms with E-state index in [0.29, 0.717) is 19.0 Å². The molecule has 9 heavy (non-hydrogen) atoms. The SMILES string of the molecule is CN1C(=O)CC[C@@H]1CN. The van der Waals surface area contributed by atoms with E-state index in [-0.39, 0.29) is 5.91 Å². The monoisotopic (exact) mass is 128 g/mol. The van der Waals surface area contributed by atoms with Gasteiger partial charge in [0.15, 0.2) is 0 Å². The van der Waals surface area contributed by atoms with E-state index in [0.717, 1.165) is 6.42 Å². The van der Waals surface area contributed by atoms with Crippen LogP contribution in [0.4, 0.5) is 0 Å². The van der Waals surface area contributed by atoms with Gasteiger partial charge in [0.05, 0.1) is 0 Å². The number of hydrogen-bond acceptors (Lipinski definition) is 2. The molecule has 0 aliphatic carbocycles. The molecule has 3 heteroatoms. The molecule has 0 spiro atoms. The van der Waals surface area contributed by atoms with Gasteiger partial charge in [-0.15, -0.1) is 0 Å². The van der Waals surface area contributed by atoms with Gasteiger partial charge >= 0.3 is 0 Å². The number of likely N-dealkylation sites (tertiary alicyclic amines) is 1. The smallest absolute Gasteiger partial charge is 0.222 e. The maximum Gasteiger partial charge on any atom is 0.222 e. The lowest BCUT2D eigenvalue weighted by Gasteiger charge is -2.16. The maximum absolute atomic E-state index is 10.8. The highest BCUT2D eigenvalue weighted by Crippen LogP contribution is 2.14. The number of hydrogen-bond donors (Lipinski definition) is 1. The molecule has 1 fully saturated rings. The molecule has 1 rings (SSSR count). The van der Waals surface area contributed by atoms with E-state index in [9.17, 15) is 4.79 Å². The second kappa shape index (κ2) is 2.35. The summed E-state index contributed by atoms with van der Waals surface area (Å²) in [5.41, 5.74) is 5.39. The zero-order chi connectivity index (χ0) is 6.85. The Hall–Kier alpha value is -0.570. The first-order chi connectivity index (χ1) is 4.25. The third-order valence-electron chi connectivity index (χ3n) is 1.90. The fourth-order valence-corrected chi connectivity index (χ4v) is 1.14. The first kappa shape index (κ1) is 6.55. The lowest BCUT2D eigenvalue weighted by molar-refractivity contribution is -0.127. The molecule has 0 bridgehead atoms. The predicted molar refractivity (Wildman–Crippen MR) is 34.8 cm³/mol. The number of nitrogens with zero attached hydrogens (tertiary/aromatic N) is 1. The number of nitrogens with two attached hydrogens (primary N) is 1. The van der Waals surface area contributed by atoms with Crippen LogP contribution in [0.3, 0.4) is 0 Å². The van der Waals surface area contributed by atoms with Crippen LogP contribution in [-0.2, 0) is 4.79 Å². The van der Waals surface area contributed by atoms with Crippen LogP contribution in [0, 0.1) is 0 Å². The van der Waals surface area contributed by atoms with Crippen molar-refractivity contribution in [1.29, 1.82) is 0 Å². The molecule has 0 aromatic heterocycles. The van der Waals surface area contributed by atoms with E-state index in [1.54, 1.807) is 4.90 Å². The molecule has 0 radical (unpaired) electrons. The highest BCUT2D eigenvalue weighted by atomic mass is 16.2. The largest absolute Gasteiger partial charge is 0.341 e. The number of amides is 1. The molecule has 0 aromatic rings. The maximum atomic E-state index is 10.8. The standard InChI is InChI=1S/C6H12N2O/c1-8-5(4-7)2-3-6(8)9/h5H,2-4,7H2,1H3/t5-/m1/s1.